The Kier molecular flexibility index (Phi) is 7.65. The van der Waals surface area contributed by atoms with E-state index in [1.807, 2.05) is 38.1 Å². The summed E-state index contributed by atoms with van der Waals surface area (Å²) in [5.74, 6) is 0.725. The van der Waals surface area contributed by atoms with E-state index in [1.165, 1.54) is 10.9 Å². The number of amidine groups is 1. The van der Waals surface area contributed by atoms with Gasteiger partial charge in [-0.1, -0.05) is 6.07 Å². The molecule has 0 bridgehead atoms. The average Bonchev–Trinajstić information content (AvgIpc) is 3.64. The zero-order valence-corrected chi connectivity index (χ0v) is 24.2. The maximum atomic E-state index is 13.6. The molecule has 5 heterocycles. The lowest BCUT2D eigenvalue weighted by molar-refractivity contribution is -0.150. The SMILES string of the molecule is COC1(C(=O)N[C@@H](C)c2ccc(-n3cc(F)cn3)nc2)CCC(C2N=C(Nc3cc(C)[nH]n3)C=C3C=CNC(=O)C32)CC1. The first kappa shape index (κ1) is 28.5. The molecule has 1 saturated carbocycles. The summed E-state index contributed by atoms with van der Waals surface area (Å²) in [6, 6.07) is 4.82. The van der Waals surface area contributed by atoms with Crippen molar-refractivity contribution < 1.29 is 18.7 Å². The van der Waals surface area contributed by atoms with Crippen LogP contribution in [-0.2, 0) is 14.3 Å². The van der Waals surface area contributed by atoms with Crippen molar-refractivity contribution in [1.29, 1.82) is 0 Å². The number of aliphatic imine (C=N–C) groups is 1. The number of carbonyl (C=O) groups excluding carboxylic acids is 2. The number of rotatable bonds is 7. The molecule has 0 spiro atoms. The second-order valence-corrected chi connectivity index (χ2v) is 11.3. The molecule has 3 atom stereocenters. The Morgan fingerprint density at radius 1 is 1.26 bits per heavy atom. The zero-order chi connectivity index (χ0) is 30.1. The summed E-state index contributed by atoms with van der Waals surface area (Å²) in [6.07, 6.45) is 11.8. The number of hydrogen-bond acceptors (Lipinski definition) is 8. The number of anilines is 1. The van der Waals surface area contributed by atoms with Crippen molar-refractivity contribution in [2.75, 3.05) is 12.4 Å². The van der Waals surface area contributed by atoms with E-state index in [2.05, 4.69) is 36.2 Å². The molecule has 12 nitrogen and oxygen atoms in total. The summed E-state index contributed by atoms with van der Waals surface area (Å²) in [5, 5.41) is 20.3. The average molecular weight is 588 g/mol. The third-order valence-corrected chi connectivity index (χ3v) is 8.57. The lowest BCUT2D eigenvalue weighted by atomic mass is 9.70. The highest BCUT2D eigenvalue weighted by Gasteiger charge is 2.47. The van der Waals surface area contributed by atoms with Crippen LogP contribution >= 0.6 is 0 Å². The predicted octanol–water partition coefficient (Wildman–Crippen LogP) is 3.27. The van der Waals surface area contributed by atoms with Gasteiger partial charge >= 0.3 is 0 Å². The monoisotopic (exact) mass is 587 g/mol. The molecule has 3 aromatic heterocycles. The maximum Gasteiger partial charge on any atom is 0.252 e. The number of amides is 2. The molecule has 0 saturated heterocycles. The lowest BCUT2D eigenvalue weighted by Gasteiger charge is -2.42. The van der Waals surface area contributed by atoms with Gasteiger partial charge in [0.05, 0.1) is 30.4 Å². The van der Waals surface area contributed by atoms with Gasteiger partial charge in [0.1, 0.15) is 11.4 Å². The Labute approximate surface area is 247 Å². The molecule has 1 fully saturated rings. The molecule has 4 N–H and O–H groups in total. The van der Waals surface area contributed by atoms with Gasteiger partial charge in [-0.25, -0.2) is 14.1 Å². The number of allylic oxidation sites excluding steroid dienone is 1. The molecule has 43 heavy (non-hydrogen) atoms. The van der Waals surface area contributed by atoms with Crippen LogP contribution in [0.15, 0.2) is 65.7 Å². The van der Waals surface area contributed by atoms with Crippen LogP contribution in [0, 0.1) is 24.6 Å². The third kappa shape index (κ3) is 5.72. The largest absolute Gasteiger partial charge is 0.368 e. The number of pyridine rings is 1. The summed E-state index contributed by atoms with van der Waals surface area (Å²) in [5.41, 5.74) is 1.62. The number of H-pyrrole nitrogens is 1. The molecule has 1 aliphatic carbocycles. The van der Waals surface area contributed by atoms with Crippen LogP contribution in [0.5, 0.6) is 0 Å². The number of hydrogen-bond donors (Lipinski definition) is 4. The van der Waals surface area contributed by atoms with E-state index in [1.54, 1.807) is 25.6 Å². The molecule has 2 aliphatic heterocycles. The number of nitrogens with one attached hydrogen (secondary N) is 4. The minimum absolute atomic E-state index is 0.0704. The standard InChI is InChI=1S/C30H34FN9O3/c1-17-12-24(39-38-17)36-23-13-20-8-11-32-28(41)26(20)27(37-23)19-6-9-30(43-3,10-7-19)29(42)35-18(2)21-4-5-25(33-14-21)40-16-22(31)15-34-40/h4-5,8,11-16,18-19,26-27H,6-7,9-10H2,1-3H3,(H,32,41)(H,35,42)(H2,36,37,38,39)/t18-,19?,26?,27?,30?/m0/s1. The van der Waals surface area contributed by atoms with Gasteiger partial charge in [-0.3, -0.25) is 19.7 Å². The molecule has 6 rings (SSSR count). The summed E-state index contributed by atoms with van der Waals surface area (Å²) >= 11 is 0. The smallest absolute Gasteiger partial charge is 0.252 e. The van der Waals surface area contributed by atoms with Crippen LogP contribution in [-0.4, -0.2) is 61.4 Å². The number of nitrogens with zero attached hydrogens (tertiary/aromatic N) is 5. The summed E-state index contributed by atoms with van der Waals surface area (Å²) < 4.78 is 20.6. The molecule has 2 amide bonds. The van der Waals surface area contributed by atoms with Crippen LogP contribution in [0.4, 0.5) is 10.2 Å². The van der Waals surface area contributed by atoms with Gasteiger partial charge in [-0.15, -0.1) is 0 Å². The molecule has 13 heteroatoms. The van der Waals surface area contributed by atoms with Gasteiger partial charge in [0.15, 0.2) is 17.5 Å². The fourth-order valence-corrected chi connectivity index (χ4v) is 6.14. The maximum absolute atomic E-state index is 13.6. The zero-order valence-electron chi connectivity index (χ0n) is 24.2. The van der Waals surface area contributed by atoms with Crippen molar-refractivity contribution in [1.82, 2.24) is 35.6 Å². The molecule has 3 aromatic rings. The van der Waals surface area contributed by atoms with Crippen molar-refractivity contribution in [2.24, 2.45) is 16.8 Å². The highest BCUT2D eigenvalue weighted by Crippen LogP contribution is 2.42. The van der Waals surface area contributed by atoms with Crippen LogP contribution in [0.3, 0.4) is 0 Å². The Morgan fingerprint density at radius 2 is 2.07 bits per heavy atom. The van der Waals surface area contributed by atoms with E-state index in [0.29, 0.717) is 43.2 Å². The Bertz CT molecular complexity index is 1600. The second kappa shape index (κ2) is 11.6. The van der Waals surface area contributed by atoms with E-state index in [9.17, 15) is 14.0 Å². The third-order valence-electron chi connectivity index (χ3n) is 8.57. The molecule has 3 aliphatic rings. The van der Waals surface area contributed by atoms with Crippen molar-refractivity contribution >= 4 is 23.5 Å². The minimum Gasteiger partial charge on any atom is -0.368 e. The first-order valence-electron chi connectivity index (χ1n) is 14.3. The van der Waals surface area contributed by atoms with Gasteiger partial charge in [0.2, 0.25) is 5.91 Å². The summed E-state index contributed by atoms with van der Waals surface area (Å²) in [6.45, 7) is 3.80. The van der Waals surface area contributed by atoms with Crippen molar-refractivity contribution in [3.05, 3.63) is 77.8 Å². The van der Waals surface area contributed by atoms with Crippen LogP contribution in [0.25, 0.3) is 5.82 Å². The quantitative estimate of drug-likeness (QED) is 0.331. The summed E-state index contributed by atoms with van der Waals surface area (Å²) in [7, 11) is 1.57. The highest BCUT2D eigenvalue weighted by atomic mass is 19.1. The Hall–Kier alpha value is -4.65. The topological polar surface area (TPSA) is 151 Å². The number of fused-ring (bicyclic) bond motifs is 1. The number of carbonyl (C=O) groups is 2. The molecular weight excluding hydrogens is 553 g/mol. The predicted molar refractivity (Wildman–Crippen MR) is 157 cm³/mol. The summed E-state index contributed by atoms with van der Waals surface area (Å²) in [4.78, 5) is 35.9. The normalized spacial score (nSPS) is 25.7. The molecular formula is C30H34FN9O3. The Morgan fingerprint density at radius 3 is 2.72 bits per heavy atom. The minimum atomic E-state index is -0.996. The number of dihydropyridines is 1. The van der Waals surface area contributed by atoms with E-state index in [-0.39, 0.29) is 29.8 Å². The Balaban J connectivity index is 1.13. The van der Waals surface area contributed by atoms with Crippen molar-refractivity contribution in [3.63, 3.8) is 0 Å². The molecule has 0 aromatic carbocycles. The van der Waals surface area contributed by atoms with Crippen molar-refractivity contribution in [3.8, 4) is 5.82 Å². The molecule has 2 unspecified atom stereocenters. The van der Waals surface area contributed by atoms with E-state index >= 15 is 0 Å². The fraction of sp³-hybridized carbons (Fsp3) is 0.400. The van der Waals surface area contributed by atoms with Gasteiger partial charge < -0.3 is 20.7 Å². The van der Waals surface area contributed by atoms with E-state index in [4.69, 9.17) is 9.73 Å². The number of ether oxygens (including phenoxy) is 1. The number of aromatic nitrogens is 5. The van der Waals surface area contributed by atoms with Crippen LogP contribution < -0.4 is 16.0 Å². The van der Waals surface area contributed by atoms with Gasteiger partial charge in [0.25, 0.3) is 5.91 Å². The van der Waals surface area contributed by atoms with E-state index in [0.717, 1.165) is 23.0 Å². The van der Waals surface area contributed by atoms with Gasteiger partial charge in [-0.05, 0) is 74.8 Å². The highest BCUT2D eigenvalue weighted by molar-refractivity contribution is 6.06. The first-order chi connectivity index (χ1) is 20.7. The molecule has 224 valence electrons. The number of methoxy groups -OCH3 is 1. The second-order valence-electron chi connectivity index (χ2n) is 11.3. The van der Waals surface area contributed by atoms with Crippen LogP contribution in [0.1, 0.15) is 49.9 Å². The fourth-order valence-electron chi connectivity index (χ4n) is 6.14. The van der Waals surface area contributed by atoms with Crippen molar-refractivity contribution in [2.45, 2.75) is 57.2 Å². The van der Waals surface area contributed by atoms with Gasteiger partial charge in [0, 0.05) is 31.3 Å². The first-order valence-corrected chi connectivity index (χ1v) is 14.3. The van der Waals surface area contributed by atoms with Gasteiger partial charge in [-0.2, -0.15) is 10.2 Å². The number of aryl methyl sites for hydroxylation is 1. The lowest BCUT2D eigenvalue weighted by Crippen LogP contribution is -2.53. The molecule has 0 radical (unpaired) electrons. The number of aromatic amines is 1. The number of halogens is 1. The van der Waals surface area contributed by atoms with E-state index < -0.39 is 17.3 Å². The van der Waals surface area contributed by atoms with Crippen LogP contribution in [0.2, 0.25) is 0 Å².